The van der Waals surface area contributed by atoms with Crippen molar-refractivity contribution in [3.63, 3.8) is 0 Å². The molecule has 102 valence electrons. The van der Waals surface area contributed by atoms with Gasteiger partial charge < -0.3 is 15.5 Å². The van der Waals surface area contributed by atoms with Gasteiger partial charge in [-0.3, -0.25) is 4.79 Å². The lowest BCUT2D eigenvalue weighted by Gasteiger charge is -2.29. The maximum absolute atomic E-state index is 11.4. The molecule has 4 nitrogen and oxygen atoms in total. The molecule has 1 saturated heterocycles. The van der Waals surface area contributed by atoms with E-state index in [2.05, 4.69) is 16.7 Å². The third-order valence-corrected chi connectivity index (χ3v) is 3.87. The number of carbonyl (C=O) groups excluding carboxylic acids is 1. The Hall–Kier alpha value is -1.26. The molecule has 0 spiro atoms. The SMILES string of the molecule is O=C1CN(c2ccc(CNC3CC3)cc2Cl)CCN1. The molecule has 2 aliphatic rings. The first kappa shape index (κ1) is 12.8. The summed E-state index contributed by atoms with van der Waals surface area (Å²) in [6.45, 7) is 2.75. The number of carbonyl (C=O) groups is 1. The Balaban J connectivity index is 1.69. The number of hydrogen-bond acceptors (Lipinski definition) is 3. The molecule has 2 N–H and O–H groups in total. The van der Waals surface area contributed by atoms with Crippen molar-refractivity contribution in [2.45, 2.75) is 25.4 Å². The van der Waals surface area contributed by atoms with Gasteiger partial charge in [0.25, 0.3) is 0 Å². The number of hydrogen-bond donors (Lipinski definition) is 2. The van der Waals surface area contributed by atoms with Gasteiger partial charge in [-0.2, -0.15) is 0 Å². The van der Waals surface area contributed by atoms with Crippen LogP contribution in [0.2, 0.25) is 5.02 Å². The zero-order valence-corrected chi connectivity index (χ0v) is 11.5. The number of nitrogens with one attached hydrogen (secondary N) is 2. The third kappa shape index (κ3) is 3.19. The number of rotatable bonds is 4. The van der Waals surface area contributed by atoms with Crippen LogP contribution in [0.15, 0.2) is 18.2 Å². The van der Waals surface area contributed by atoms with Gasteiger partial charge in [0.2, 0.25) is 5.91 Å². The highest BCUT2D eigenvalue weighted by atomic mass is 35.5. The molecule has 1 aliphatic heterocycles. The van der Waals surface area contributed by atoms with Crippen molar-refractivity contribution < 1.29 is 4.79 Å². The number of piperazine rings is 1. The van der Waals surface area contributed by atoms with Crippen LogP contribution in [-0.4, -0.2) is 31.6 Å². The predicted molar refractivity (Wildman–Crippen MR) is 76.5 cm³/mol. The Morgan fingerprint density at radius 1 is 1.42 bits per heavy atom. The number of benzene rings is 1. The minimum atomic E-state index is 0.0572. The van der Waals surface area contributed by atoms with Gasteiger partial charge in [-0.1, -0.05) is 17.7 Å². The molecule has 1 aliphatic carbocycles. The Kier molecular flexibility index (Phi) is 3.62. The van der Waals surface area contributed by atoms with Crippen molar-refractivity contribution in [3.05, 3.63) is 28.8 Å². The Morgan fingerprint density at radius 2 is 2.26 bits per heavy atom. The summed E-state index contributed by atoms with van der Waals surface area (Å²) in [5.41, 5.74) is 2.15. The van der Waals surface area contributed by atoms with Crippen molar-refractivity contribution in [2.24, 2.45) is 0 Å². The summed E-state index contributed by atoms with van der Waals surface area (Å²) in [6, 6.07) is 6.80. The number of anilines is 1. The van der Waals surface area contributed by atoms with E-state index in [0.717, 1.165) is 23.8 Å². The molecule has 19 heavy (non-hydrogen) atoms. The first-order valence-electron chi connectivity index (χ1n) is 6.76. The Morgan fingerprint density at radius 3 is 2.95 bits per heavy atom. The van der Waals surface area contributed by atoms with E-state index in [4.69, 9.17) is 11.6 Å². The highest BCUT2D eigenvalue weighted by Crippen LogP contribution is 2.28. The quantitative estimate of drug-likeness (QED) is 0.879. The first-order valence-corrected chi connectivity index (χ1v) is 7.13. The largest absolute Gasteiger partial charge is 0.359 e. The van der Waals surface area contributed by atoms with Crippen LogP contribution in [0, 0.1) is 0 Å². The number of halogens is 1. The van der Waals surface area contributed by atoms with Crippen LogP contribution >= 0.6 is 11.6 Å². The van der Waals surface area contributed by atoms with Crippen molar-refractivity contribution in [3.8, 4) is 0 Å². The molecule has 1 amide bonds. The van der Waals surface area contributed by atoms with E-state index in [1.807, 2.05) is 17.0 Å². The average Bonchev–Trinajstić information content (AvgIpc) is 3.20. The standard InChI is InChI=1S/C14H18ClN3O/c15-12-7-10(8-17-11-2-3-11)1-4-13(12)18-6-5-16-14(19)9-18/h1,4,7,11,17H,2-3,5-6,8-9H2,(H,16,19). The third-order valence-electron chi connectivity index (χ3n) is 3.56. The molecule has 1 aromatic rings. The van der Waals surface area contributed by atoms with Crippen molar-refractivity contribution in [2.75, 3.05) is 24.5 Å². The Labute approximate surface area is 118 Å². The van der Waals surface area contributed by atoms with Gasteiger partial charge in [0, 0.05) is 25.7 Å². The van der Waals surface area contributed by atoms with Crippen LogP contribution in [0.5, 0.6) is 0 Å². The second kappa shape index (κ2) is 5.39. The highest BCUT2D eigenvalue weighted by molar-refractivity contribution is 6.33. The zero-order chi connectivity index (χ0) is 13.2. The minimum Gasteiger partial charge on any atom is -0.359 e. The monoisotopic (exact) mass is 279 g/mol. The van der Waals surface area contributed by atoms with Gasteiger partial charge in [0.1, 0.15) is 0 Å². The molecule has 1 heterocycles. The lowest BCUT2D eigenvalue weighted by atomic mass is 10.1. The summed E-state index contributed by atoms with van der Waals surface area (Å²) in [7, 11) is 0. The van der Waals surface area contributed by atoms with Gasteiger partial charge >= 0.3 is 0 Å². The molecule has 5 heteroatoms. The lowest BCUT2D eigenvalue weighted by Crippen LogP contribution is -2.47. The van der Waals surface area contributed by atoms with Gasteiger partial charge in [-0.25, -0.2) is 0 Å². The molecule has 0 radical (unpaired) electrons. The smallest absolute Gasteiger partial charge is 0.239 e. The maximum atomic E-state index is 11.4. The normalized spacial score (nSPS) is 19.4. The second-order valence-corrected chi connectivity index (χ2v) is 5.62. The average molecular weight is 280 g/mol. The van der Waals surface area contributed by atoms with E-state index >= 15 is 0 Å². The molecule has 1 saturated carbocycles. The summed E-state index contributed by atoms with van der Waals surface area (Å²) < 4.78 is 0. The zero-order valence-electron chi connectivity index (χ0n) is 10.8. The predicted octanol–water partition coefficient (Wildman–Crippen LogP) is 1.53. The number of amides is 1. The van der Waals surface area contributed by atoms with Crippen LogP contribution in [0.1, 0.15) is 18.4 Å². The summed E-state index contributed by atoms with van der Waals surface area (Å²) in [5, 5.41) is 7.02. The molecular weight excluding hydrogens is 262 g/mol. The van der Waals surface area contributed by atoms with Gasteiger partial charge in [0.05, 0.1) is 17.3 Å². The second-order valence-electron chi connectivity index (χ2n) is 5.21. The van der Waals surface area contributed by atoms with Crippen LogP contribution in [0.3, 0.4) is 0 Å². The van der Waals surface area contributed by atoms with E-state index in [1.54, 1.807) is 0 Å². The minimum absolute atomic E-state index is 0.0572. The maximum Gasteiger partial charge on any atom is 0.239 e. The number of nitrogens with zero attached hydrogens (tertiary/aromatic N) is 1. The molecule has 0 aromatic heterocycles. The topological polar surface area (TPSA) is 44.4 Å². The summed E-state index contributed by atoms with van der Waals surface area (Å²) in [5.74, 6) is 0.0572. The van der Waals surface area contributed by atoms with E-state index in [-0.39, 0.29) is 5.91 Å². The van der Waals surface area contributed by atoms with Crippen LogP contribution in [0.4, 0.5) is 5.69 Å². The molecule has 0 bridgehead atoms. The van der Waals surface area contributed by atoms with E-state index in [0.29, 0.717) is 19.1 Å². The van der Waals surface area contributed by atoms with Crippen molar-refractivity contribution in [1.29, 1.82) is 0 Å². The molecular formula is C14H18ClN3O. The van der Waals surface area contributed by atoms with Crippen LogP contribution in [0.25, 0.3) is 0 Å². The fourth-order valence-electron chi connectivity index (χ4n) is 2.31. The van der Waals surface area contributed by atoms with Gasteiger partial charge in [-0.05, 0) is 30.5 Å². The molecule has 1 aromatic carbocycles. The van der Waals surface area contributed by atoms with Crippen molar-refractivity contribution in [1.82, 2.24) is 10.6 Å². The Bertz CT molecular complexity index is 488. The van der Waals surface area contributed by atoms with Crippen LogP contribution in [-0.2, 0) is 11.3 Å². The van der Waals surface area contributed by atoms with Gasteiger partial charge in [0.15, 0.2) is 0 Å². The summed E-state index contributed by atoms with van der Waals surface area (Å²) >= 11 is 6.34. The summed E-state index contributed by atoms with van der Waals surface area (Å²) in [4.78, 5) is 13.4. The fraction of sp³-hybridized carbons (Fsp3) is 0.500. The molecule has 3 rings (SSSR count). The van der Waals surface area contributed by atoms with E-state index < -0.39 is 0 Å². The first-order chi connectivity index (χ1) is 9.22. The fourth-order valence-corrected chi connectivity index (χ4v) is 2.63. The van der Waals surface area contributed by atoms with E-state index in [1.165, 1.54) is 18.4 Å². The molecule has 0 unspecified atom stereocenters. The lowest BCUT2D eigenvalue weighted by molar-refractivity contribution is -0.120. The van der Waals surface area contributed by atoms with Crippen LogP contribution < -0.4 is 15.5 Å². The highest BCUT2D eigenvalue weighted by Gasteiger charge is 2.21. The van der Waals surface area contributed by atoms with Gasteiger partial charge in [-0.15, -0.1) is 0 Å². The summed E-state index contributed by atoms with van der Waals surface area (Å²) in [6.07, 6.45) is 2.57. The molecule has 0 atom stereocenters. The molecule has 2 fully saturated rings. The van der Waals surface area contributed by atoms with E-state index in [9.17, 15) is 4.79 Å². The van der Waals surface area contributed by atoms with Crippen molar-refractivity contribution >= 4 is 23.2 Å².